The van der Waals surface area contributed by atoms with Crippen molar-refractivity contribution in [1.82, 2.24) is 19.6 Å². The van der Waals surface area contributed by atoms with Gasteiger partial charge < -0.3 is 14.5 Å². The van der Waals surface area contributed by atoms with Gasteiger partial charge in [0.15, 0.2) is 0 Å². The first kappa shape index (κ1) is 18.1. The van der Waals surface area contributed by atoms with Gasteiger partial charge in [0, 0.05) is 50.8 Å². The monoisotopic (exact) mass is 338 g/mol. The lowest BCUT2D eigenvalue weighted by Gasteiger charge is -2.45. The zero-order valence-electron chi connectivity index (χ0n) is 15.6. The Balaban J connectivity index is 1.46. The fraction of sp³-hybridized carbons (Fsp3) is 0.944. The first-order chi connectivity index (χ1) is 11.5. The summed E-state index contributed by atoms with van der Waals surface area (Å²) in [6.45, 7) is 6.56. The Morgan fingerprint density at radius 3 is 2.25 bits per heavy atom. The highest BCUT2D eigenvalue weighted by Crippen LogP contribution is 2.37. The predicted molar refractivity (Wildman–Crippen MR) is 95.1 cm³/mol. The second kappa shape index (κ2) is 8.13. The molecule has 6 heteroatoms. The SMILES string of the molecule is CN(C)CCOC(=O)CN1C2CCC1CC(N1CCN(C)CC1)C2. The number of piperazine rings is 1. The quantitative estimate of drug-likeness (QED) is 0.650. The summed E-state index contributed by atoms with van der Waals surface area (Å²) in [4.78, 5) is 21.7. The first-order valence-electron chi connectivity index (χ1n) is 9.51. The molecule has 3 aliphatic heterocycles. The number of piperidine rings is 1. The van der Waals surface area contributed by atoms with E-state index in [0.29, 0.717) is 25.2 Å². The summed E-state index contributed by atoms with van der Waals surface area (Å²) in [6, 6.07) is 1.88. The van der Waals surface area contributed by atoms with Gasteiger partial charge in [-0.1, -0.05) is 0 Å². The summed E-state index contributed by atoms with van der Waals surface area (Å²) in [5, 5.41) is 0. The van der Waals surface area contributed by atoms with Crippen LogP contribution < -0.4 is 0 Å². The van der Waals surface area contributed by atoms with Crippen LogP contribution >= 0.6 is 0 Å². The third-order valence-electron chi connectivity index (χ3n) is 6.03. The molecule has 0 aromatic carbocycles. The van der Waals surface area contributed by atoms with Crippen LogP contribution in [0.1, 0.15) is 25.7 Å². The average molecular weight is 338 g/mol. The fourth-order valence-corrected chi connectivity index (χ4v) is 4.53. The van der Waals surface area contributed by atoms with Crippen molar-refractivity contribution in [3.8, 4) is 0 Å². The molecule has 3 aliphatic rings. The number of fused-ring (bicyclic) bond motifs is 2. The van der Waals surface area contributed by atoms with Crippen molar-refractivity contribution in [2.45, 2.75) is 43.8 Å². The molecule has 138 valence electrons. The van der Waals surface area contributed by atoms with E-state index < -0.39 is 0 Å². The van der Waals surface area contributed by atoms with Crippen molar-refractivity contribution >= 4 is 5.97 Å². The van der Waals surface area contributed by atoms with Crippen molar-refractivity contribution in [2.75, 3.05) is 67.0 Å². The summed E-state index contributed by atoms with van der Waals surface area (Å²) in [5.41, 5.74) is 0. The highest BCUT2D eigenvalue weighted by Gasteiger charge is 2.43. The molecule has 2 unspecified atom stereocenters. The van der Waals surface area contributed by atoms with E-state index in [4.69, 9.17) is 4.74 Å². The Hall–Kier alpha value is -0.690. The molecule has 0 amide bonds. The van der Waals surface area contributed by atoms with Gasteiger partial charge in [0.05, 0.1) is 6.54 Å². The number of hydrogen-bond donors (Lipinski definition) is 0. The van der Waals surface area contributed by atoms with Crippen LogP contribution in [0.4, 0.5) is 0 Å². The first-order valence-corrected chi connectivity index (χ1v) is 9.51. The van der Waals surface area contributed by atoms with Gasteiger partial charge in [-0.25, -0.2) is 0 Å². The Kier molecular flexibility index (Phi) is 6.13. The number of carbonyl (C=O) groups is 1. The van der Waals surface area contributed by atoms with Crippen LogP contribution in [0.3, 0.4) is 0 Å². The molecule has 2 bridgehead atoms. The smallest absolute Gasteiger partial charge is 0.320 e. The topological polar surface area (TPSA) is 39.3 Å². The van der Waals surface area contributed by atoms with Crippen molar-refractivity contribution in [3.05, 3.63) is 0 Å². The van der Waals surface area contributed by atoms with Gasteiger partial charge in [-0.15, -0.1) is 0 Å². The van der Waals surface area contributed by atoms with Crippen LogP contribution in [-0.2, 0) is 9.53 Å². The van der Waals surface area contributed by atoms with E-state index in [1.807, 2.05) is 19.0 Å². The van der Waals surface area contributed by atoms with Gasteiger partial charge in [0.2, 0.25) is 0 Å². The molecule has 0 saturated carbocycles. The van der Waals surface area contributed by atoms with E-state index in [2.05, 4.69) is 21.7 Å². The molecule has 6 nitrogen and oxygen atoms in total. The lowest BCUT2D eigenvalue weighted by molar-refractivity contribution is -0.146. The highest BCUT2D eigenvalue weighted by molar-refractivity contribution is 5.71. The van der Waals surface area contributed by atoms with E-state index in [-0.39, 0.29) is 5.97 Å². The summed E-state index contributed by atoms with van der Waals surface area (Å²) in [5.74, 6) is -0.0493. The minimum atomic E-state index is -0.0493. The molecule has 3 rings (SSSR count). The number of likely N-dealkylation sites (N-methyl/N-ethyl adjacent to an activating group) is 2. The predicted octanol–water partition coefficient (Wildman–Crippen LogP) is 0.334. The van der Waals surface area contributed by atoms with Crippen LogP contribution in [0, 0.1) is 0 Å². The number of esters is 1. The van der Waals surface area contributed by atoms with Crippen LogP contribution in [0.15, 0.2) is 0 Å². The maximum Gasteiger partial charge on any atom is 0.320 e. The van der Waals surface area contributed by atoms with Gasteiger partial charge >= 0.3 is 5.97 Å². The van der Waals surface area contributed by atoms with Crippen molar-refractivity contribution < 1.29 is 9.53 Å². The third-order valence-corrected chi connectivity index (χ3v) is 6.03. The lowest BCUT2D eigenvalue weighted by Crippen LogP contribution is -2.55. The van der Waals surface area contributed by atoms with Gasteiger partial charge in [-0.3, -0.25) is 14.6 Å². The van der Waals surface area contributed by atoms with E-state index >= 15 is 0 Å². The molecular weight excluding hydrogens is 304 g/mol. The van der Waals surface area contributed by atoms with E-state index in [1.54, 1.807) is 0 Å². The largest absolute Gasteiger partial charge is 0.463 e. The Morgan fingerprint density at radius 1 is 1.04 bits per heavy atom. The minimum absolute atomic E-state index is 0.0493. The average Bonchev–Trinajstić information content (AvgIpc) is 2.77. The second-order valence-corrected chi connectivity index (χ2v) is 8.05. The Labute approximate surface area is 146 Å². The lowest BCUT2D eigenvalue weighted by atomic mass is 9.95. The molecule has 0 aromatic rings. The normalized spacial score (nSPS) is 32.4. The molecule has 0 aromatic heterocycles. The molecule has 0 N–H and O–H groups in total. The molecule has 0 radical (unpaired) electrons. The van der Waals surface area contributed by atoms with E-state index in [1.165, 1.54) is 51.9 Å². The molecule has 3 fully saturated rings. The number of hydrogen-bond acceptors (Lipinski definition) is 6. The Morgan fingerprint density at radius 2 is 1.67 bits per heavy atom. The summed E-state index contributed by atoms with van der Waals surface area (Å²) in [7, 11) is 6.21. The van der Waals surface area contributed by atoms with Crippen LogP contribution in [0.5, 0.6) is 0 Å². The fourth-order valence-electron chi connectivity index (χ4n) is 4.53. The van der Waals surface area contributed by atoms with Crippen LogP contribution in [-0.4, -0.2) is 111 Å². The third kappa shape index (κ3) is 4.48. The summed E-state index contributed by atoms with van der Waals surface area (Å²) >= 11 is 0. The van der Waals surface area contributed by atoms with Gasteiger partial charge in [0.25, 0.3) is 0 Å². The van der Waals surface area contributed by atoms with Crippen LogP contribution in [0.25, 0.3) is 0 Å². The van der Waals surface area contributed by atoms with E-state index in [0.717, 1.165) is 12.6 Å². The molecule has 2 atom stereocenters. The molecule has 24 heavy (non-hydrogen) atoms. The molecular formula is C18H34N4O2. The second-order valence-electron chi connectivity index (χ2n) is 8.05. The van der Waals surface area contributed by atoms with Gasteiger partial charge in [-0.2, -0.15) is 0 Å². The summed E-state index contributed by atoms with van der Waals surface area (Å²) < 4.78 is 5.40. The minimum Gasteiger partial charge on any atom is -0.463 e. The maximum absolute atomic E-state index is 12.1. The molecule has 0 spiro atoms. The zero-order valence-corrected chi connectivity index (χ0v) is 15.6. The van der Waals surface area contributed by atoms with Crippen molar-refractivity contribution in [2.24, 2.45) is 0 Å². The molecule has 3 heterocycles. The maximum atomic E-state index is 12.1. The highest BCUT2D eigenvalue weighted by atomic mass is 16.5. The number of carbonyl (C=O) groups excluding carboxylic acids is 1. The number of ether oxygens (including phenoxy) is 1. The van der Waals surface area contributed by atoms with E-state index in [9.17, 15) is 4.79 Å². The van der Waals surface area contributed by atoms with Crippen molar-refractivity contribution in [1.29, 1.82) is 0 Å². The Bertz CT molecular complexity index is 409. The zero-order chi connectivity index (χ0) is 17.1. The van der Waals surface area contributed by atoms with Gasteiger partial charge in [0.1, 0.15) is 6.61 Å². The molecule has 0 aliphatic carbocycles. The van der Waals surface area contributed by atoms with Gasteiger partial charge in [-0.05, 0) is 46.8 Å². The van der Waals surface area contributed by atoms with Crippen LogP contribution in [0.2, 0.25) is 0 Å². The summed E-state index contributed by atoms with van der Waals surface area (Å²) in [6.07, 6.45) is 4.95. The standard InChI is InChI=1S/C18H34N4O2/c1-19(2)10-11-24-18(23)14-22-15-4-5-16(22)13-17(12-15)21-8-6-20(3)7-9-21/h15-17H,4-14H2,1-3H3. The number of nitrogens with zero attached hydrogens (tertiary/aromatic N) is 4. The van der Waals surface area contributed by atoms with Crippen molar-refractivity contribution in [3.63, 3.8) is 0 Å². The molecule has 3 saturated heterocycles. The number of rotatable bonds is 6.